The number of hydrogen-bond donors (Lipinski definition) is 0. The Morgan fingerprint density at radius 1 is 1.18 bits per heavy atom. The van der Waals surface area contributed by atoms with Crippen molar-refractivity contribution in [2.24, 2.45) is 0 Å². The monoisotopic (exact) mass is 269 g/mol. The number of benzene rings is 1. The molecule has 1 saturated heterocycles. The number of nitrogens with zero attached hydrogens (tertiary/aromatic N) is 1. The van der Waals surface area contributed by atoms with Crippen molar-refractivity contribution in [3.63, 3.8) is 0 Å². The van der Waals surface area contributed by atoms with Gasteiger partial charge >= 0.3 is 13.9 Å². The molecule has 2 rings (SSSR count). The zero-order valence-corrected chi connectivity index (χ0v) is 11.3. The lowest BCUT2D eigenvalue weighted by Gasteiger charge is -2.26. The molecule has 0 aromatic heterocycles. The Morgan fingerprint density at radius 3 is 2.35 bits per heavy atom. The van der Waals surface area contributed by atoms with Crippen LogP contribution in [-0.4, -0.2) is 51.0 Å². The third-order valence-electron chi connectivity index (χ3n) is 2.53. The quantitative estimate of drug-likeness (QED) is 0.724. The molecule has 6 heteroatoms. The fraction of sp³-hybridized carbons (Fsp3) is 0.364. The van der Waals surface area contributed by atoms with Gasteiger partial charge < -0.3 is 12.5 Å². The van der Waals surface area contributed by atoms with Crippen LogP contribution in [0.2, 0.25) is 0 Å². The summed E-state index contributed by atoms with van der Waals surface area (Å²) in [5, 5.41) is 0. The van der Waals surface area contributed by atoms with Gasteiger partial charge in [-0.15, -0.1) is 0 Å². The molecule has 0 unspecified atom stereocenters. The van der Waals surface area contributed by atoms with Gasteiger partial charge in [-0.1, -0.05) is 18.2 Å². The first-order valence-electron chi connectivity index (χ1n) is 5.49. The highest BCUT2D eigenvalue weighted by Gasteiger charge is 2.26. The van der Waals surface area contributed by atoms with E-state index in [-0.39, 0.29) is 5.91 Å². The van der Waals surface area contributed by atoms with Crippen LogP contribution in [0.4, 0.5) is 0 Å². The molecule has 1 aromatic carbocycles. The predicted molar refractivity (Wildman–Crippen MR) is 65.9 cm³/mol. The Bertz CT molecular complexity index is 366. The van der Waals surface area contributed by atoms with E-state index in [1.807, 2.05) is 30.3 Å². The SMILES string of the molecule is O=C(c1ccccc1)N1CC[O][Al]([Cl])[O]CC1. The maximum Gasteiger partial charge on any atom is 0.813 e. The van der Waals surface area contributed by atoms with Crippen LogP contribution in [0.5, 0.6) is 0 Å². The molecule has 90 valence electrons. The molecule has 0 saturated carbocycles. The van der Waals surface area contributed by atoms with E-state index in [1.165, 1.54) is 0 Å². The minimum absolute atomic E-state index is 0.00693. The van der Waals surface area contributed by atoms with Crippen molar-refractivity contribution in [2.45, 2.75) is 0 Å². The number of carbonyl (C=O) groups excluding carboxylic acids is 1. The maximum atomic E-state index is 12.1. The first-order chi connectivity index (χ1) is 8.27. The average molecular weight is 270 g/mol. The van der Waals surface area contributed by atoms with Gasteiger partial charge in [-0.05, 0) is 12.1 Å². The molecule has 1 aliphatic rings. The van der Waals surface area contributed by atoms with E-state index in [2.05, 4.69) is 0 Å². The number of rotatable bonds is 1. The molecule has 17 heavy (non-hydrogen) atoms. The topological polar surface area (TPSA) is 38.8 Å². The second-order valence-corrected chi connectivity index (χ2v) is 5.96. The van der Waals surface area contributed by atoms with Gasteiger partial charge in [0, 0.05) is 31.9 Å². The number of halogens is 1. The van der Waals surface area contributed by atoms with Gasteiger partial charge in [0.2, 0.25) is 0 Å². The van der Waals surface area contributed by atoms with E-state index in [0.29, 0.717) is 31.9 Å². The van der Waals surface area contributed by atoms with Crippen molar-refractivity contribution in [3.05, 3.63) is 35.9 Å². The molecule has 0 radical (unpaired) electrons. The van der Waals surface area contributed by atoms with Crippen molar-refractivity contribution in [2.75, 3.05) is 26.3 Å². The summed E-state index contributed by atoms with van der Waals surface area (Å²) in [5.74, 6) is 0.00693. The Balaban J connectivity index is 1.99. The zero-order chi connectivity index (χ0) is 12.1. The van der Waals surface area contributed by atoms with E-state index in [1.54, 1.807) is 4.90 Å². The van der Waals surface area contributed by atoms with Crippen LogP contribution in [0.3, 0.4) is 0 Å². The van der Waals surface area contributed by atoms with Crippen molar-refractivity contribution in [1.29, 1.82) is 0 Å². The van der Waals surface area contributed by atoms with Crippen LogP contribution < -0.4 is 0 Å². The molecule has 0 aliphatic carbocycles. The molecule has 0 bridgehead atoms. The standard InChI is InChI=1S/C11H13NO3.Al.ClH/c13-8-6-12(7-9-14)11(15)10-4-2-1-3-5-10;;/h1-5H,6-9H2;;1H/q-2;+3;/p-1. The number of carbonyl (C=O) groups is 1. The molecule has 1 aromatic rings. The summed E-state index contributed by atoms with van der Waals surface area (Å²) >= 11 is -1.97. The van der Waals surface area contributed by atoms with E-state index in [9.17, 15) is 4.79 Å². The summed E-state index contributed by atoms with van der Waals surface area (Å²) in [6.45, 7) is 2.01. The molecule has 4 nitrogen and oxygen atoms in total. The normalized spacial score (nSPS) is 17.5. The van der Waals surface area contributed by atoms with Crippen LogP contribution in [0, 0.1) is 0 Å². The third-order valence-corrected chi connectivity index (χ3v) is 4.28. The van der Waals surface area contributed by atoms with E-state index < -0.39 is 13.9 Å². The second-order valence-electron chi connectivity index (χ2n) is 3.67. The Labute approximate surface area is 109 Å². The van der Waals surface area contributed by atoms with Crippen molar-refractivity contribution < 1.29 is 12.4 Å². The maximum absolute atomic E-state index is 12.1. The van der Waals surface area contributed by atoms with Crippen molar-refractivity contribution in [1.82, 2.24) is 4.90 Å². The minimum atomic E-state index is -1.97. The Kier molecular flexibility index (Phi) is 4.84. The van der Waals surface area contributed by atoms with Crippen LogP contribution in [0.25, 0.3) is 0 Å². The van der Waals surface area contributed by atoms with Crippen LogP contribution in [0.15, 0.2) is 30.3 Å². The summed E-state index contributed by atoms with van der Waals surface area (Å²) in [7, 11) is 5.83. The summed E-state index contributed by atoms with van der Waals surface area (Å²) in [6, 6.07) is 9.21. The molecule has 0 atom stereocenters. The Hall–Kier alpha value is -0.568. The van der Waals surface area contributed by atoms with Gasteiger partial charge in [0.25, 0.3) is 5.91 Å². The second kappa shape index (κ2) is 6.39. The van der Waals surface area contributed by atoms with E-state index in [4.69, 9.17) is 17.6 Å². The number of hydrogen-bond acceptors (Lipinski definition) is 3. The fourth-order valence-electron chi connectivity index (χ4n) is 1.64. The van der Waals surface area contributed by atoms with Crippen molar-refractivity contribution >= 4 is 29.9 Å². The smallest absolute Gasteiger partial charge is 0.464 e. The summed E-state index contributed by atoms with van der Waals surface area (Å²) in [4.78, 5) is 13.9. The fourth-order valence-corrected chi connectivity index (χ4v) is 2.85. The lowest BCUT2D eigenvalue weighted by molar-refractivity contribution is 0.0633. The Morgan fingerprint density at radius 2 is 1.76 bits per heavy atom. The lowest BCUT2D eigenvalue weighted by Crippen LogP contribution is -2.40. The molecule has 1 fully saturated rings. The molecular weight excluding hydrogens is 257 g/mol. The summed E-state index contributed by atoms with van der Waals surface area (Å²) in [5.41, 5.74) is 0.688. The highest BCUT2D eigenvalue weighted by atomic mass is 35.6. The highest BCUT2D eigenvalue weighted by molar-refractivity contribution is 6.99. The summed E-state index contributed by atoms with van der Waals surface area (Å²) < 4.78 is 10.6. The predicted octanol–water partition coefficient (Wildman–Crippen LogP) is 1.40. The summed E-state index contributed by atoms with van der Waals surface area (Å²) in [6.07, 6.45) is 0. The molecule has 0 spiro atoms. The lowest BCUT2D eigenvalue weighted by atomic mass is 10.2. The van der Waals surface area contributed by atoms with Crippen LogP contribution in [0.1, 0.15) is 10.4 Å². The minimum Gasteiger partial charge on any atom is -0.464 e. The largest absolute Gasteiger partial charge is 0.813 e. The molecule has 1 heterocycles. The first kappa shape index (κ1) is 12.9. The average Bonchev–Trinajstić information content (AvgIpc) is 2.34. The van der Waals surface area contributed by atoms with Gasteiger partial charge in [0.15, 0.2) is 0 Å². The highest BCUT2D eigenvalue weighted by Crippen LogP contribution is 2.07. The first-order valence-corrected chi connectivity index (χ1v) is 8.18. The molecule has 0 N–H and O–H groups in total. The molecule has 1 amide bonds. The van der Waals surface area contributed by atoms with Gasteiger partial charge in [-0.3, -0.25) is 4.79 Å². The molecular formula is C11H13AlClNO3. The van der Waals surface area contributed by atoms with E-state index in [0.717, 1.165) is 0 Å². The van der Waals surface area contributed by atoms with Gasteiger partial charge in [-0.25, -0.2) is 0 Å². The van der Waals surface area contributed by atoms with Gasteiger partial charge in [-0.2, -0.15) is 10.0 Å². The zero-order valence-electron chi connectivity index (χ0n) is 9.34. The van der Waals surface area contributed by atoms with Crippen LogP contribution in [-0.2, 0) is 7.58 Å². The van der Waals surface area contributed by atoms with Crippen LogP contribution >= 0.6 is 10.0 Å². The molecule has 1 aliphatic heterocycles. The van der Waals surface area contributed by atoms with E-state index >= 15 is 0 Å². The van der Waals surface area contributed by atoms with Crippen molar-refractivity contribution in [3.8, 4) is 0 Å². The number of amides is 1. The van der Waals surface area contributed by atoms with Gasteiger partial charge in [0.1, 0.15) is 0 Å². The van der Waals surface area contributed by atoms with Gasteiger partial charge in [0.05, 0.1) is 0 Å². The third kappa shape index (κ3) is 3.70.